The maximum absolute atomic E-state index is 13.1. The SMILES string of the molecule is O=C1N[C@@H](c2cn[nH]c2-c2ccc(F)cc2)Nc2ccccc21. The number of halogens is 1. The van der Waals surface area contributed by atoms with Crippen molar-refractivity contribution in [2.75, 3.05) is 5.32 Å². The van der Waals surface area contributed by atoms with Gasteiger partial charge in [0, 0.05) is 16.8 Å². The van der Waals surface area contributed by atoms with Crippen LogP contribution in [0.1, 0.15) is 22.1 Å². The van der Waals surface area contributed by atoms with Crippen molar-refractivity contribution in [1.82, 2.24) is 15.5 Å². The number of anilines is 1. The van der Waals surface area contributed by atoms with Gasteiger partial charge in [0.1, 0.15) is 12.0 Å². The Balaban J connectivity index is 1.72. The number of hydrogen-bond acceptors (Lipinski definition) is 3. The summed E-state index contributed by atoms with van der Waals surface area (Å²) in [7, 11) is 0. The average molecular weight is 308 g/mol. The third-order valence-corrected chi connectivity index (χ3v) is 3.86. The molecular weight excluding hydrogens is 295 g/mol. The van der Waals surface area contributed by atoms with Crippen molar-refractivity contribution in [2.24, 2.45) is 0 Å². The number of aromatic amines is 1. The molecule has 0 saturated carbocycles. The highest BCUT2D eigenvalue weighted by Gasteiger charge is 2.27. The summed E-state index contributed by atoms with van der Waals surface area (Å²) in [4.78, 5) is 12.3. The van der Waals surface area contributed by atoms with E-state index in [1.54, 1.807) is 24.4 Å². The van der Waals surface area contributed by atoms with Gasteiger partial charge in [-0.05, 0) is 36.4 Å². The van der Waals surface area contributed by atoms with Crippen LogP contribution in [0.4, 0.5) is 10.1 Å². The normalized spacial score (nSPS) is 16.4. The first kappa shape index (κ1) is 13.5. The van der Waals surface area contributed by atoms with Crippen LogP contribution >= 0.6 is 0 Å². The summed E-state index contributed by atoms with van der Waals surface area (Å²) in [5, 5.41) is 13.2. The first-order chi connectivity index (χ1) is 11.2. The summed E-state index contributed by atoms with van der Waals surface area (Å²) >= 11 is 0. The molecule has 1 aliphatic rings. The standard InChI is InChI=1S/C17H13FN4O/c18-11-7-5-10(6-8-11)15-13(9-19-22-15)16-20-14-4-2-1-3-12(14)17(23)21-16/h1-9,16,20H,(H,19,22)(H,21,23)/t16-/m0/s1. The van der Waals surface area contributed by atoms with E-state index in [2.05, 4.69) is 20.8 Å². The maximum atomic E-state index is 13.1. The van der Waals surface area contributed by atoms with Crippen LogP contribution in [0.5, 0.6) is 0 Å². The lowest BCUT2D eigenvalue weighted by atomic mass is 10.0. The highest BCUT2D eigenvalue weighted by atomic mass is 19.1. The Morgan fingerprint density at radius 2 is 1.78 bits per heavy atom. The number of nitrogens with zero attached hydrogens (tertiary/aromatic N) is 1. The fourth-order valence-electron chi connectivity index (χ4n) is 2.73. The molecule has 0 radical (unpaired) electrons. The Labute approximate surface area is 131 Å². The lowest BCUT2D eigenvalue weighted by Gasteiger charge is -2.27. The Hall–Kier alpha value is -3.15. The first-order valence-corrected chi connectivity index (χ1v) is 7.18. The number of carbonyl (C=O) groups excluding carboxylic acids is 1. The fraction of sp³-hybridized carbons (Fsp3) is 0.0588. The van der Waals surface area contributed by atoms with E-state index in [9.17, 15) is 9.18 Å². The van der Waals surface area contributed by atoms with Crippen molar-refractivity contribution in [1.29, 1.82) is 0 Å². The maximum Gasteiger partial charge on any atom is 0.255 e. The second kappa shape index (κ2) is 5.24. The highest BCUT2D eigenvalue weighted by Crippen LogP contribution is 2.31. The zero-order valence-electron chi connectivity index (χ0n) is 12.0. The summed E-state index contributed by atoms with van der Waals surface area (Å²) in [6.45, 7) is 0. The largest absolute Gasteiger partial charge is 0.361 e. The molecule has 23 heavy (non-hydrogen) atoms. The summed E-state index contributed by atoms with van der Waals surface area (Å²) in [6, 6.07) is 13.4. The Kier molecular flexibility index (Phi) is 3.08. The number of benzene rings is 2. The van der Waals surface area contributed by atoms with E-state index in [0.29, 0.717) is 5.56 Å². The van der Waals surface area contributed by atoms with Gasteiger partial charge in [-0.2, -0.15) is 5.10 Å². The third-order valence-electron chi connectivity index (χ3n) is 3.86. The van der Waals surface area contributed by atoms with E-state index in [1.165, 1.54) is 12.1 Å². The molecule has 1 aliphatic heterocycles. The van der Waals surface area contributed by atoms with Crippen molar-refractivity contribution < 1.29 is 9.18 Å². The number of hydrogen-bond donors (Lipinski definition) is 3. The Morgan fingerprint density at radius 1 is 1.00 bits per heavy atom. The van der Waals surface area contributed by atoms with Crippen LogP contribution in [0.2, 0.25) is 0 Å². The smallest absolute Gasteiger partial charge is 0.255 e. The Morgan fingerprint density at radius 3 is 2.61 bits per heavy atom. The van der Waals surface area contributed by atoms with E-state index in [4.69, 9.17) is 0 Å². The number of fused-ring (bicyclic) bond motifs is 1. The monoisotopic (exact) mass is 308 g/mol. The summed E-state index contributed by atoms with van der Waals surface area (Å²) in [5.74, 6) is -0.441. The molecule has 0 unspecified atom stereocenters. The van der Waals surface area contributed by atoms with Crippen LogP contribution in [0, 0.1) is 5.82 Å². The van der Waals surface area contributed by atoms with Gasteiger partial charge < -0.3 is 10.6 Å². The topological polar surface area (TPSA) is 69.8 Å². The molecule has 3 N–H and O–H groups in total. The number of aromatic nitrogens is 2. The van der Waals surface area contributed by atoms with Gasteiger partial charge in [0.2, 0.25) is 0 Å². The molecule has 0 spiro atoms. The van der Waals surface area contributed by atoms with Crippen molar-refractivity contribution in [3.8, 4) is 11.3 Å². The molecule has 114 valence electrons. The van der Waals surface area contributed by atoms with Gasteiger partial charge in [-0.15, -0.1) is 0 Å². The van der Waals surface area contributed by atoms with Gasteiger partial charge in [-0.3, -0.25) is 9.89 Å². The minimum absolute atomic E-state index is 0.143. The molecular formula is C17H13FN4O. The average Bonchev–Trinajstić information content (AvgIpc) is 3.05. The molecule has 6 heteroatoms. The van der Waals surface area contributed by atoms with Crippen molar-refractivity contribution >= 4 is 11.6 Å². The fourth-order valence-corrected chi connectivity index (χ4v) is 2.73. The molecule has 5 nitrogen and oxygen atoms in total. The van der Waals surface area contributed by atoms with Crippen molar-refractivity contribution in [3.63, 3.8) is 0 Å². The van der Waals surface area contributed by atoms with Crippen LogP contribution < -0.4 is 10.6 Å². The molecule has 1 atom stereocenters. The quantitative estimate of drug-likeness (QED) is 0.681. The lowest BCUT2D eigenvalue weighted by molar-refractivity contribution is 0.0936. The number of rotatable bonds is 2. The van der Waals surface area contributed by atoms with E-state index >= 15 is 0 Å². The number of H-pyrrole nitrogens is 1. The molecule has 0 aliphatic carbocycles. The molecule has 2 aromatic carbocycles. The summed E-state index contributed by atoms with van der Waals surface area (Å²) in [6.07, 6.45) is 1.25. The van der Waals surface area contributed by atoms with Crippen LogP contribution in [0.3, 0.4) is 0 Å². The number of carbonyl (C=O) groups is 1. The lowest BCUT2D eigenvalue weighted by Crippen LogP contribution is -2.38. The number of para-hydroxylation sites is 1. The molecule has 1 amide bonds. The molecule has 0 fully saturated rings. The third kappa shape index (κ3) is 2.34. The second-order valence-electron chi connectivity index (χ2n) is 5.30. The van der Waals surface area contributed by atoms with Crippen LogP contribution in [0.25, 0.3) is 11.3 Å². The van der Waals surface area contributed by atoms with Gasteiger partial charge in [-0.1, -0.05) is 12.1 Å². The number of nitrogens with one attached hydrogen (secondary N) is 3. The molecule has 0 bridgehead atoms. The van der Waals surface area contributed by atoms with Crippen LogP contribution in [0.15, 0.2) is 54.7 Å². The van der Waals surface area contributed by atoms with Gasteiger partial charge in [0.05, 0.1) is 17.5 Å². The van der Waals surface area contributed by atoms with E-state index in [0.717, 1.165) is 22.5 Å². The predicted octanol–water partition coefficient (Wildman–Crippen LogP) is 3.07. The van der Waals surface area contributed by atoms with Gasteiger partial charge in [-0.25, -0.2) is 4.39 Å². The van der Waals surface area contributed by atoms with Crippen LogP contribution in [-0.4, -0.2) is 16.1 Å². The zero-order chi connectivity index (χ0) is 15.8. The van der Waals surface area contributed by atoms with E-state index in [1.807, 2.05) is 18.2 Å². The van der Waals surface area contributed by atoms with Gasteiger partial charge in [0.15, 0.2) is 0 Å². The van der Waals surface area contributed by atoms with Crippen molar-refractivity contribution in [3.05, 3.63) is 71.7 Å². The highest BCUT2D eigenvalue weighted by molar-refractivity contribution is 6.01. The zero-order valence-corrected chi connectivity index (χ0v) is 12.0. The predicted molar refractivity (Wildman–Crippen MR) is 84.3 cm³/mol. The van der Waals surface area contributed by atoms with Crippen molar-refractivity contribution in [2.45, 2.75) is 6.17 Å². The van der Waals surface area contributed by atoms with E-state index < -0.39 is 6.17 Å². The Bertz CT molecular complexity index is 872. The first-order valence-electron chi connectivity index (χ1n) is 7.18. The van der Waals surface area contributed by atoms with Crippen LogP contribution in [-0.2, 0) is 0 Å². The van der Waals surface area contributed by atoms with E-state index in [-0.39, 0.29) is 11.7 Å². The van der Waals surface area contributed by atoms with Gasteiger partial charge >= 0.3 is 0 Å². The minimum Gasteiger partial charge on any atom is -0.361 e. The number of amides is 1. The molecule has 0 saturated heterocycles. The molecule has 2 heterocycles. The minimum atomic E-state index is -0.406. The second-order valence-corrected chi connectivity index (χ2v) is 5.30. The summed E-state index contributed by atoms with van der Waals surface area (Å²) in [5.41, 5.74) is 3.71. The molecule has 4 rings (SSSR count). The van der Waals surface area contributed by atoms with Gasteiger partial charge in [0.25, 0.3) is 5.91 Å². The molecule has 1 aromatic heterocycles. The molecule has 3 aromatic rings. The summed E-state index contributed by atoms with van der Waals surface area (Å²) < 4.78 is 13.1.